The molecule has 2 heterocycles. The SMILES string of the molecule is C=CCC(O)N1CC(=O)N(Cc2ccc(-c3nccn3C)cc2)c2ccccc2C1.CC.CC=C(C)C. The standard InChI is InChI=1S/C24H26N4O2.C5H10.C2H6/c1-3-6-22(29)27-16-20-7-4-5-8-21(20)28(23(30)17-27)15-18-9-11-19(12-10-18)24-25-13-14-26(24)2;1-4-5(2)3;1-2/h3-5,7-14,22,29H,1,6,15-17H2,2H3;4H,1-3H3;1-2H3. The van der Waals surface area contributed by atoms with Gasteiger partial charge in [-0.05, 0) is 38.0 Å². The Morgan fingerprint density at radius 1 is 1.11 bits per heavy atom. The van der Waals surface area contributed by atoms with Crippen molar-refractivity contribution in [2.45, 2.75) is 60.4 Å². The van der Waals surface area contributed by atoms with Crippen molar-refractivity contribution in [3.63, 3.8) is 0 Å². The van der Waals surface area contributed by atoms with E-state index in [-0.39, 0.29) is 12.5 Å². The molecule has 0 aliphatic carbocycles. The normalized spacial score (nSPS) is 13.7. The maximum Gasteiger partial charge on any atom is 0.241 e. The predicted molar refractivity (Wildman–Crippen MR) is 154 cm³/mol. The van der Waals surface area contributed by atoms with Gasteiger partial charge >= 0.3 is 0 Å². The summed E-state index contributed by atoms with van der Waals surface area (Å²) in [7, 11) is 1.97. The molecule has 1 aliphatic heterocycles. The Bertz CT molecular complexity index is 1160. The van der Waals surface area contributed by atoms with Crippen LogP contribution in [0.5, 0.6) is 0 Å². The van der Waals surface area contributed by atoms with Crippen LogP contribution in [0.4, 0.5) is 5.69 Å². The summed E-state index contributed by atoms with van der Waals surface area (Å²) in [6.07, 6.45) is 7.15. The van der Waals surface area contributed by atoms with Crippen LogP contribution in [-0.4, -0.2) is 38.2 Å². The summed E-state index contributed by atoms with van der Waals surface area (Å²) in [5, 5.41) is 10.4. The molecule has 198 valence electrons. The second-order valence-electron chi connectivity index (χ2n) is 8.94. The Morgan fingerprint density at radius 2 is 1.76 bits per heavy atom. The number of carbonyl (C=O) groups is 1. The summed E-state index contributed by atoms with van der Waals surface area (Å²) < 4.78 is 1.98. The minimum absolute atomic E-state index is 0.0313. The van der Waals surface area contributed by atoms with Crippen molar-refractivity contribution < 1.29 is 9.90 Å². The van der Waals surface area contributed by atoms with Crippen LogP contribution in [-0.2, 0) is 24.9 Å². The number of rotatable bonds is 6. The highest BCUT2D eigenvalue weighted by Crippen LogP contribution is 2.28. The van der Waals surface area contributed by atoms with Crippen molar-refractivity contribution in [1.82, 2.24) is 14.5 Å². The lowest BCUT2D eigenvalue weighted by Crippen LogP contribution is -2.41. The number of hydrogen-bond donors (Lipinski definition) is 1. The Hall–Kier alpha value is -3.48. The van der Waals surface area contributed by atoms with E-state index in [4.69, 9.17) is 0 Å². The van der Waals surface area contributed by atoms with Crippen LogP contribution in [0.2, 0.25) is 0 Å². The first-order valence-corrected chi connectivity index (χ1v) is 12.9. The number of aryl methyl sites for hydroxylation is 1. The number of aromatic nitrogens is 2. The predicted octanol–water partition coefficient (Wildman–Crippen LogP) is 6.33. The molecule has 0 saturated carbocycles. The Balaban J connectivity index is 0.000000617. The Morgan fingerprint density at radius 3 is 2.32 bits per heavy atom. The van der Waals surface area contributed by atoms with Gasteiger partial charge in [0, 0.05) is 43.7 Å². The zero-order chi connectivity index (χ0) is 27.4. The third-order valence-electron chi connectivity index (χ3n) is 6.05. The number of anilines is 1. The van der Waals surface area contributed by atoms with Gasteiger partial charge in [0.25, 0.3) is 0 Å². The summed E-state index contributed by atoms with van der Waals surface area (Å²) in [6, 6.07) is 16.0. The number of allylic oxidation sites excluding steroid dienone is 2. The van der Waals surface area contributed by atoms with E-state index in [2.05, 4.69) is 31.5 Å². The minimum Gasteiger partial charge on any atom is -0.378 e. The van der Waals surface area contributed by atoms with E-state index in [1.165, 1.54) is 5.57 Å². The first-order valence-electron chi connectivity index (χ1n) is 12.9. The van der Waals surface area contributed by atoms with Gasteiger partial charge in [0.2, 0.25) is 5.91 Å². The first kappa shape index (κ1) is 29.7. The topological polar surface area (TPSA) is 61.6 Å². The molecule has 0 saturated heterocycles. The monoisotopic (exact) mass is 502 g/mol. The van der Waals surface area contributed by atoms with Crippen molar-refractivity contribution in [2.24, 2.45) is 7.05 Å². The third kappa shape index (κ3) is 8.27. The molecule has 2 aromatic carbocycles. The average molecular weight is 503 g/mol. The van der Waals surface area contributed by atoms with Gasteiger partial charge in [0.15, 0.2) is 0 Å². The molecule has 6 heteroatoms. The van der Waals surface area contributed by atoms with E-state index in [1.807, 2.05) is 92.0 Å². The second kappa shape index (κ2) is 14.9. The molecule has 6 nitrogen and oxygen atoms in total. The van der Waals surface area contributed by atoms with Crippen molar-refractivity contribution in [1.29, 1.82) is 0 Å². The smallest absolute Gasteiger partial charge is 0.241 e. The van der Waals surface area contributed by atoms with Crippen LogP contribution in [0.25, 0.3) is 11.4 Å². The maximum atomic E-state index is 13.1. The fourth-order valence-electron chi connectivity index (χ4n) is 3.84. The van der Waals surface area contributed by atoms with Gasteiger partial charge in [0.05, 0.1) is 13.1 Å². The average Bonchev–Trinajstić information content (AvgIpc) is 3.29. The van der Waals surface area contributed by atoms with Gasteiger partial charge in [-0.15, -0.1) is 6.58 Å². The van der Waals surface area contributed by atoms with Crippen LogP contribution in [0.15, 0.2) is 85.2 Å². The molecule has 1 amide bonds. The number of hydrogen-bond acceptors (Lipinski definition) is 4. The van der Waals surface area contributed by atoms with Crippen LogP contribution < -0.4 is 4.90 Å². The number of carbonyl (C=O) groups excluding carboxylic acids is 1. The number of nitrogens with zero attached hydrogens (tertiary/aromatic N) is 4. The molecular formula is C31H42N4O2. The highest BCUT2D eigenvalue weighted by atomic mass is 16.3. The molecule has 1 unspecified atom stereocenters. The van der Waals surface area contributed by atoms with Gasteiger partial charge in [-0.2, -0.15) is 0 Å². The van der Waals surface area contributed by atoms with E-state index < -0.39 is 6.23 Å². The van der Waals surface area contributed by atoms with Gasteiger partial charge < -0.3 is 14.6 Å². The summed E-state index contributed by atoms with van der Waals surface area (Å²) in [4.78, 5) is 21.1. The lowest BCUT2D eigenvalue weighted by atomic mass is 10.1. The van der Waals surface area contributed by atoms with E-state index in [0.717, 1.165) is 28.2 Å². The van der Waals surface area contributed by atoms with Crippen molar-refractivity contribution in [3.8, 4) is 11.4 Å². The second-order valence-corrected chi connectivity index (χ2v) is 8.94. The van der Waals surface area contributed by atoms with Gasteiger partial charge in [-0.25, -0.2) is 4.98 Å². The number of aliphatic hydroxyl groups is 1. The molecule has 3 aromatic rings. The number of benzene rings is 2. The molecule has 0 fully saturated rings. The summed E-state index contributed by atoms with van der Waals surface area (Å²) in [5.41, 5.74) is 5.37. The Kier molecular flexibility index (Phi) is 12.0. The van der Waals surface area contributed by atoms with Crippen molar-refractivity contribution in [3.05, 3.63) is 96.4 Å². The van der Waals surface area contributed by atoms with Gasteiger partial charge in [0.1, 0.15) is 12.1 Å². The van der Waals surface area contributed by atoms with Crippen LogP contribution >= 0.6 is 0 Å². The fraction of sp³-hybridized carbons (Fsp3) is 0.355. The maximum absolute atomic E-state index is 13.1. The highest BCUT2D eigenvalue weighted by molar-refractivity contribution is 5.96. The fourth-order valence-corrected chi connectivity index (χ4v) is 3.84. The van der Waals surface area contributed by atoms with Gasteiger partial charge in [-0.3, -0.25) is 9.69 Å². The molecule has 1 atom stereocenters. The minimum atomic E-state index is -0.725. The van der Waals surface area contributed by atoms with E-state index in [0.29, 0.717) is 19.5 Å². The third-order valence-corrected chi connectivity index (χ3v) is 6.05. The van der Waals surface area contributed by atoms with Crippen molar-refractivity contribution in [2.75, 3.05) is 11.4 Å². The first-order chi connectivity index (χ1) is 17.8. The van der Waals surface area contributed by atoms with E-state index >= 15 is 0 Å². The molecule has 4 rings (SSSR count). The Labute approximate surface area is 222 Å². The quantitative estimate of drug-likeness (QED) is 0.400. The van der Waals surface area contributed by atoms with E-state index in [9.17, 15) is 9.90 Å². The lowest BCUT2D eigenvalue weighted by molar-refractivity contribution is -0.122. The lowest BCUT2D eigenvalue weighted by Gasteiger charge is -2.25. The number of para-hydroxylation sites is 1. The molecule has 37 heavy (non-hydrogen) atoms. The molecule has 1 aliphatic rings. The van der Waals surface area contributed by atoms with Crippen molar-refractivity contribution >= 4 is 11.6 Å². The largest absolute Gasteiger partial charge is 0.378 e. The van der Waals surface area contributed by atoms with E-state index in [1.54, 1.807) is 17.2 Å². The summed E-state index contributed by atoms with van der Waals surface area (Å²) in [6.45, 7) is 15.1. The zero-order valence-electron chi connectivity index (χ0n) is 23.2. The van der Waals surface area contributed by atoms with Crippen LogP contribution in [0.3, 0.4) is 0 Å². The molecule has 1 N–H and O–H groups in total. The highest BCUT2D eigenvalue weighted by Gasteiger charge is 2.29. The molecule has 0 bridgehead atoms. The van der Waals surface area contributed by atoms with Gasteiger partial charge in [-0.1, -0.05) is 74.0 Å². The summed E-state index contributed by atoms with van der Waals surface area (Å²) >= 11 is 0. The number of imidazole rings is 1. The van der Waals surface area contributed by atoms with Crippen LogP contribution in [0.1, 0.15) is 52.2 Å². The zero-order valence-corrected chi connectivity index (χ0v) is 23.2. The molecule has 1 aromatic heterocycles. The molecular weight excluding hydrogens is 460 g/mol. The summed E-state index contributed by atoms with van der Waals surface area (Å²) in [5.74, 6) is 0.876. The number of fused-ring (bicyclic) bond motifs is 1. The molecule has 0 radical (unpaired) electrons. The van der Waals surface area contributed by atoms with Crippen LogP contribution in [0, 0.1) is 0 Å². The number of amides is 1. The molecule has 0 spiro atoms. The number of aliphatic hydroxyl groups excluding tert-OH is 1.